The number of benzene rings is 1. The fraction of sp³-hybridized carbons (Fsp3) is 0.294. The molecule has 3 aliphatic rings. The van der Waals surface area contributed by atoms with Gasteiger partial charge in [0.2, 0.25) is 0 Å². The lowest BCUT2D eigenvalue weighted by Gasteiger charge is -2.13. The van der Waals surface area contributed by atoms with Crippen molar-refractivity contribution in [3.05, 3.63) is 58.7 Å². The lowest BCUT2D eigenvalue weighted by Crippen LogP contribution is -2.12. The highest BCUT2D eigenvalue weighted by molar-refractivity contribution is 8.03. The van der Waals surface area contributed by atoms with Gasteiger partial charge in [-0.3, -0.25) is 0 Å². The Hall–Kier alpha value is -1.41. The molecule has 0 saturated carbocycles. The Bertz CT molecular complexity index is 609. The van der Waals surface area contributed by atoms with Crippen LogP contribution in [0.5, 0.6) is 0 Å². The molecule has 0 unspecified atom stereocenters. The second-order valence-electron chi connectivity index (χ2n) is 5.32. The van der Waals surface area contributed by atoms with Crippen LogP contribution in [0.2, 0.25) is 0 Å². The van der Waals surface area contributed by atoms with Gasteiger partial charge in [0.1, 0.15) is 0 Å². The second kappa shape index (κ2) is 4.61. The zero-order chi connectivity index (χ0) is 12.7. The van der Waals surface area contributed by atoms with Crippen LogP contribution in [0.25, 0.3) is 0 Å². The van der Waals surface area contributed by atoms with Gasteiger partial charge in [0, 0.05) is 11.4 Å². The third kappa shape index (κ3) is 1.95. The zero-order valence-corrected chi connectivity index (χ0v) is 11.7. The molecule has 2 heterocycles. The summed E-state index contributed by atoms with van der Waals surface area (Å²) in [6.45, 7) is 1.14. The molecule has 96 valence electrons. The average molecular weight is 267 g/mol. The molecule has 0 amide bonds. The SMILES string of the molecule is C1=CC(=CC2=C3Sc4ccccc4N3CC2)CCC1. The van der Waals surface area contributed by atoms with Gasteiger partial charge in [-0.05, 0) is 49.0 Å². The summed E-state index contributed by atoms with van der Waals surface area (Å²) < 4.78 is 0. The molecule has 0 N–H and O–H groups in total. The van der Waals surface area contributed by atoms with Crippen molar-refractivity contribution in [3.63, 3.8) is 0 Å². The number of hydrogen-bond acceptors (Lipinski definition) is 2. The van der Waals surface area contributed by atoms with Crippen LogP contribution in [0.15, 0.2) is 63.6 Å². The molecular formula is C17H17NS. The average Bonchev–Trinajstić information content (AvgIpc) is 3.00. The minimum atomic E-state index is 1.14. The molecule has 1 aromatic rings. The third-order valence-electron chi connectivity index (χ3n) is 4.02. The Morgan fingerprint density at radius 1 is 1.16 bits per heavy atom. The third-order valence-corrected chi connectivity index (χ3v) is 5.26. The van der Waals surface area contributed by atoms with Gasteiger partial charge in [-0.2, -0.15) is 0 Å². The van der Waals surface area contributed by atoms with E-state index in [1.165, 1.54) is 52.4 Å². The number of anilines is 1. The molecular weight excluding hydrogens is 250 g/mol. The number of allylic oxidation sites excluding steroid dienone is 4. The first-order valence-corrected chi connectivity index (χ1v) is 7.88. The van der Waals surface area contributed by atoms with E-state index in [-0.39, 0.29) is 0 Å². The summed E-state index contributed by atoms with van der Waals surface area (Å²) in [4.78, 5) is 3.89. The monoisotopic (exact) mass is 267 g/mol. The number of para-hydroxylation sites is 1. The minimum Gasteiger partial charge on any atom is -0.334 e. The molecule has 0 atom stereocenters. The number of thioether (sulfide) groups is 1. The van der Waals surface area contributed by atoms with Gasteiger partial charge in [0.25, 0.3) is 0 Å². The number of hydrogen-bond donors (Lipinski definition) is 0. The van der Waals surface area contributed by atoms with E-state index in [0.29, 0.717) is 0 Å². The van der Waals surface area contributed by atoms with E-state index in [0.717, 1.165) is 6.54 Å². The van der Waals surface area contributed by atoms with Crippen LogP contribution in [0.4, 0.5) is 5.69 Å². The van der Waals surface area contributed by atoms with E-state index >= 15 is 0 Å². The summed E-state index contributed by atoms with van der Waals surface area (Å²) in [6.07, 6.45) is 12.0. The van der Waals surface area contributed by atoms with Gasteiger partial charge in [-0.25, -0.2) is 0 Å². The molecule has 2 aliphatic heterocycles. The van der Waals surface area contributed by atoms with Crippen molar-refractivity contribution < 1.29 is 0 Å². The molecule has 0 radical (unpaired) electrons. The maximum atomic E-state index is 2.49. The van der Waals surface area contributed by atoms with Crippen LogP contribution >= 0.6 is 11.8 Å². The van der Waals surface area contributed by atoms with Crippen LogP contribution in [0.1, 0.15) is 25.7 Å². The normalized spacial score (nSPS) is 23.2. The number of nitrogens with zero attached hydrogens (tertiary/aromatic N) is 1. The van der Waals surface area contributed by atoms with Crippen LogP contribution in [-0.4, -0.2) is 6.54 Å². The van der Waals surface area contributed by atoms with Crippen LogP contribution in [0, 0.1) is 0 Å². The quantitative estimate of drug-likeness (QED) is 0.713. The molecule has 1 aliphatic carbocycles. The van der Waals surface area contributed by atoms with Crippen molar-refractivity contribution in [3.8, 4) is 0 Å². The Labute approximate surface area is 118 Å². The maximum Gasteiger partial charge on any atom is 0.0835 e. The highest BCUT2D eigenvalue weighted by Gasteiger charge is 2.31. The fourth-order valence-corrected chi connectivity index (χ4v) is 4.28. The van der Waals surface area contributed by atoms with Crippen LogP contribution in [-0.2, 0) is 0 Å². The predicted molar refractivity (Wildman–Crippen MR) is 82.4 cm³/mol. The van der Waals surface area contributed by atoms with Crippen molar-refractivity contribution in [1.29, 1.82) is 0 Å². The first-order chi connectivity index (χ1) is 9.42. The van der Waals surface area contributed by atoms with Crippen LogP contribution in [0.3, 0.4) is 0 Å². The fourth-order valence-electron chi connectivity index (χ4n) is 3.06. The Balaban J connectivity index is 1.71. The van der Waals surface area contributed by atoms with Gasteiger partial charge in [-0.1, -0.05) is 42.1 Å². The number of fused-ring (bicyclic) bond motifs is 3. The lowest BCUT2D eigenvalue weighted by molar-refractivity contribution is 0.819. The van der Waals surface area contributed by atoms with Crippen molar-refractivity contribution >= 4 is 17.4 Å². The molecule has 1 aromatic carbocycles. The highest BCUT2D eigenvalue weighted by Crippen LogP contribution is 2.50. The first-order valence-electron chi connectivity index (χ1n) is 7.06. The predicted octanol–water partition coefficient (Wildman–Crippen LogP) is 4.88. The molecule has 0 spiro atoms. The smallest absolute Gasteiger partial charge is 0.0835 e. The Morgan fingerprint density at radius 3 is 3.00 bits per heavy atom. The summed E-state index contributed by atoms with van der Waals surface area (Å²) >= 11 is 1.94. The van der Waals surface area contributed by atoms with Crippen molar-refractivity contribution in [2.45, 2.75) is 30.6 Å². The van der Waals surface area contributed by atoms with Gasteiger partial charge in [-0.15, -0.1) is 0 Å². The lowest BCUT2D eigenvalue weighted by atomic mass is 10.00. The minimum absolute atomic E-state index is 1.14. The summed E-state index contributed by atoms with van der Waals surface area (Å²) in [5.41, 5.74) is 4.44. The Morgan fingerprint density at radius 2 is 2.11 bits per heavy atom. The summed E-state index contributed by atoms with van der Waals surface area (Å²) in [5, 5.41) is 1.47. The topological polar surface area (TPSA) is 3.24 Å². The van der Waals surface area contributed by atoms with Gasteiger partial charge >= 0.3 is 0 Å². The summed E-state index contributed by atoms with van der Waals surface area (Å²) in [5.74, 6) is 0. The summed E-state index contributed by atoms with van der Waals surface area (Å²) in [7, 11) is 0. The molecule has 0 fully saturated rings. The van der Waals surface area contributed by atoms with E-state index in [4.69, 9.17) is 0 Å². The van der Waals surface area contributed by atoms with E-state index < -0.39 is 0 Å². The summed E-state index contributed by atoms with van der Waals surface area (Å²) in [6, 6.07) is 8.75. The van der Waals surface area contributed by atoms with Crippen molar-refractivity contribution in [1.82, 2.24) is 0 Å². The molecule has 0 saturated heterocycles. The van der Waals surface area contributed by atoms with Gasteiger partial charge < -0.3 is 4.90 Å². The Kier molecular flexibility index (Phi) is 2.77. The largest absolute Gasteiger partial charge is 0.334 e. The first kappa shape index (κ1) is 11.4. The van der Waals surface area contributed by atoms with Crippen LogP contribution < -0.4 is 4.90 Å². The highest BCUT2D eigenvalue weighted by atomic mass is 32.2. The van der Waals surface area contributed by atoms with E-state index in [2.05, 4.69) is 47.4 Å². The molecule has 0 bridgehead atoms. The maximum absolute atomic E-state index is 2.49. The zero-order valence-electron chi connectivity index (χ0n) is 10.9. The molecule has 4 rings (SSSR count). The molecule has 0 aromatic heterocycles. The van der Waals surface area contributed by atoms with E-state index in [1.54, 1.807) is 0 Å². The van der Waals surface area contributed by atoms with E-state index in [1.807, 2.05) is 11.8 Å². The molecule has 19 heavy (non-hydrogen) atoms. The standard InChI is InChI=1S/C17H17NS/c1-2-6-13(7-3-1)12-14-10-11-18-15-8-4-5-9-16(15)19-17(14)18/h2,4-6,8-9,12H,1,3,7,10-11H2. The van der Waals surface area contributed by atoms with Crippen molar-refractivity contribution in [2.75, 3.05) is 11.4 Å². The number of rotatable bonds is 1. The van der Waals surface area contributed by atoms with Gasteiger partial charge in [0.05, 0.1) is 10.7 Å². The molecule has 1 nitrogen and oxygen atoms in total. The second-order valence-corrected chi connectivity index (χ2v) is 6.35. The van der Waals surface area contributed by atoms with Crippen molar-refractivity contribution in [2.24, 2.45) is 0 Å². The van der Waals surface area contributed by atoms with E-state index in [9.17, 15) is 0 Å². The molecule has 2 heteroatoms. The van der Waals surface area contributed by atoms with Gasteiger partial charge in [0.15, 0.2) is 0 Å².